The number of carbonyl (C=O) groups is 1. The van der Waals surface area contributed by atoms with Gasteiger partial charge in [0.25, 0.3) is 0 Å². The molecule has 0 unspecified atom stereocenters. The van der Waals surface area contributed by atoms with Crippen LogP contribution in [0.3, 0.4) is 0 Å². The Morgan fingerprint density at radius 2 is 1.86 bits per heavy atom. The summed E-state index contributed by atoms with van der Waals surface area (Å²) < 4.78 is 48.0. The van der Waals surface area contributed by atoms with Crippen molar-refractivity contribution in [3.05, 3.63) is 70.8 Å². The number of carbonyl (C=O) groups excluding carboxylic acids is 1. The molecule has 0 atom stereocenters. The van der Waals surface area contributed by atoms with Crippen molar-refractivity contribution < 1.29 is 27.4 Å². The predicted molar refractivity (Wildman–Crippen MR) is 104 cm³/mol. The summed E-state index contributed by atoms with van der Waals surface area (Å²) in [7, 11) is 0. The Morgan fingerprint density at radius 3 is 2.43 bits per heavy atom. The van der Waals surface area contributed by atoms with Gasteiger partial charge in [-0.2, -0.15) is 13.2 Å². The first kappa shape index (κ1) is 22.2. The highest BCUT2D eigenvalue weighted by molar-refractivity contribution is 7.99. The third kappa shape index (κ3) is 7.13. The van der Waals surface area contributed by atoms with E-state index in [1.807, 2.05) is 12.1 Å². The van der Waals surface area contributed by atoms with E-state index in [9.17, 15) is 18.0 Å². The molecule has 0 heterocycles. The van der Waals surface area contributed by atoms with E-state index in [1.165, 1.54) is 30.8 Å². The quantitative estimate of drug-likeness (QED) is 0.286. The Hall–Kier alpha value is -2.12. The molecule has 0 spiro atoms. The number of alkyl halides is 3. The monoisotopic (exact) mass is 430 g/mol. The van der Waals surface area contributed by atoms with Crippen LogP contribution in [0.1, 0.15) is 18.1 Å². The maximum absolute atomic E-state index is 12.5. The molecular weight excluding hydrogens is 413 g/mol. The van der Waals surface area contributed by atoms with E-state index in [0.29, 0.717) is 16.5 Å². The summed E-state index contributed by atoms with van der Waals surface area (Å²) in [6.07, 6.45) is -4.37. The molecule has 0 aliphatic heterocycles. The van der Waals surface area contributed by atoms with Crippen molar-refractivity contribution >= 4 is 29.3 Å². The summed E-state index contributed by atoms with van der Waals surface area (Å²) in [5.41, 5.74) is 0.819. The van der Waals surface area contributed by atoms with Gasteiger partial charge in [-0.05, 0) is 47.5 Å². The number of ether oxygens (including phenoxy) is 2. The van der Waals surface area contributed by atoms with E-state index >= 15 is 0 Å². The minimum Gasteiger partial charge on any atom is -0.489 e. The van der Waals surface area contributed by atoms with Gasteiger partial charge in [0.1, 0.15) is 19.0 Å². The number of benzene rings is 2. The smallest absolute Gasteiger partial charge is 0.416 e. The second-order valence-corrected chi connectivity index (χ2v) is 7.32. The van der Waals surface area contributed by atoms with Crippen LogP contribution in [-0.4, -0.2) is 18.3 Å². The van der Waals surface area contributed by atoms with Crippen molar-refractivity contribution in [1.82, 2.24) is 0 Å². The van der Waals surface area contributed by atoms with Crippen LogP contribution < -0.4 is 4.74 Å². The molecule has 28 heavy (non-hydrogen) atoms. The Bertz CT molecular complexity index is 836. The second kappa shape index (κ2) is 9.89. The van der Waals surface area contributed by atoms with Crippen molar-refractivity contribution in [2.75, 3.05) is 12.4 Å². The first-order valence-corrected chi connectivity index (χ1v) is 9.53. The third-order valence-corrected chi connectivity index (χ3v) is 5.14. The summed E-state index contributed by atoms with van der Waals surface area (Å²) in [5, 5.41) is 0.533. The highest BCUT2D eigenvalue weighted by atomic mass is 35.5. The van der Waals surface area contributed by atoms with Gasteiger partial charge in [0.05, 0.1) is 10.6 Å². The maximum atomic E-state index is 12.5. The van der Waals surface area contributed by atoms with Crippen molar-refractivity contribution in [3.8, 4) is 5.75 Å². The van der Waals surface area contributed by atoms with E-state index in [4.69, 9.17) is 21.1 Å². The molecular formula is C20H18ClF3O3S. The minimum atomic E-state index is -4.37. The lowest BCUT2D eigenvalue weighted by atomic mass is 10.2. The summed E-state index contributed by atoms with van der Waals surface area (Å²) in [4.78, 5) is 11.7. The van der Waals surface area contributed by atoms with Crippen molar-refractivity contribution in [1.29, 1.82) is 0 Å². The molecule has 0 N–H and O–H groups in total. The molecule has 2 aromatic carbocycles. The van der Waals surface area contributed by atoms with E-state index in [1.54, 1.807) is 6.07 Å². The van der Waals surface area contributed by atoms with Crippen LogP contribution >= 0.6 is 23.4 Å². The predicted octanol–water partition coefficient (Wildman–Crippen LogP) is 6.15. The zero-order valence-corrected chi connectivity index (χ0v) is 16.6. The number of thioether (sulfide) groups is 1. The molecule has 0 radical (unpaired) electrons. The third-order valence-electron chi connectivity index (χ3n) is 3.49. The van der Waals surface area contributed by atoms with Crippen molar-refractivity contribution in [3.63, 3.8) is 0 Å². The van der Waals surface area contributed by atoms with Crippen LogP contribution in [0, 0.1) is 0 Å². The average Bonchev–Trinajstić information content (AvgIpc) is 2.63. The number of hydrogen-bond donors (Lipinski definition) is 0. The lowest BCUT2D eigenvalue weighted by Gasteiger charge is -2.11. The molecule has 3 nitrogen and oxygen atoms in total. The van der Waals surface area contributed by atoms with E-state index in [-0.39, 0.29) is 19.2 Å². The normalized spacial score (nSPS) is 11.2. The summed E-state index contributed by atoms with van der Waals surface area (Å²) >= 11 is 7.70. The second-order valence-electron chi connectivity index (χ2n) is 5.89. The number of esters is 1. The fourth-order valence-electron chi connectivity index (χ4n) is 2.08. The molecule has 0 bridgehead atoms. The van der Waals surface area contributed by atoms with Gasteiger partial charge in [-0.15, -0.1) is 11.8 Å². The van der Waals surface area contributed by atoms with Gasteiger partial charge in [-0.1, -0.05) is 24.2 Å². The Balaban J connectivity index is 1.81. The zero-order chi connectivity index (χ0) is 20.7. The van der Waals surface area contributed by atoms with Crippen LogP contribution in [-0.2, 0) is 22.3 Å². The first-order valence-electron chi connectivity index (χ1n) is 8.16. The molecule has 0 saturated carbocycles. The van der Waals surface area contributed by atoms with Crippen molar-refractivity contribution in [2.24, 2.45) is 0 Å². The fraction of sp³-hybridized carbons (Fsp3) is 0.250. The Morgan fingerprint density at radius 1 is 1.18 bits per heavy atom. The van der Waals surface area contributed by atoms with Gasteiger partial charge in [0.2, 0.25) is 0 Å². The largest absolute Gasteiger partial charge is 0.489 e. The number of rotatable bonds is 8. The molecule has 0 amide bonds. The molecule has 0 aromatic heterocycles. The van der Waals surface area contributed by atoms with Crippen molar-refractivity contribution in [2.45, 2.75) is 24.6 Å². The Labute approximate surface area is 170 Å². The van der Waals surface area contributed by atoms with Gasteiger partial charge in [0.15, 0.2) is 0 Å². The van der Waals surface area contributed by atoms with E-state index in [2.05, 4.69) is 6.58 Å². The average molecular weight is 431 g/mol. The topological polar surface area (TPSA) is 35.5 Å². The molecule has 2 aromatic rings. The molecule has 8 heteroatoms. The molecule has 150 valence electrons. The highest BCUT2D eigenvalue weighted by Gasteiger charge is 2.30. The van der Waals surface area contributed by atoms with Crippen LogP contribution in [0.15, 0.2) is 59.5 Å². The fourth-order valence-corrected chi connectivity index (χ4v) is 3.25. The standard InChI is InChI=1S/C20H18ClF3O3S/c1-13(10-27-17-6-4-16(5-7-17)20(22,23)24)12-28-19-8-3-15(9-18(19)21)11-26-14(2)25/h3-9H,1,10-12H2,2H3. The lowest BCUT2D eigenvalue weighted by molar-refractivity contribution is -0.142. The number of hydrogen-bond acceptors (Lipinski definition) is 4. The molecule has 0 aliphatic carbocycles. The molecule has 0 aliphatic rings. The van der Waals surface area contributed by atoms with Gasteiger partial charge in [0, 0.05) is 17.6 Å². The first-order chi connectivity index (χ1) is 13.1. The van der Waals surface area contributed by atoms with E-state index in [0.717, 1.165) is 28.2 Å². The number of halogens is 4. The van der Waals surface area contributed by atoms with Crippen LogP contribution in [0.2, 0.25) is 5.02 Å². The van der Waals surface area contributed by atoms with E-state index < -0.39 is 11.7 Å². The van der Waals surface area contributed by atoms with Gasteiger partial charge >= 0.3 is 12.1 Å². The minimum absolute atomic E-state index is 0.160. The summed E-state index contributed by atoms with van der Waals surface area (Å²) in [6.45, 7) is 5.59. The highest BCUT2D eigenvalue weighted by Crippen LogP contribution is 2.31. The maximum Gasteiger partial charge on any atom is 0.416 e. The van der Waals surface area contributed by atoms with Crippen LogP contribution in [0.25, 0.3) is 0 Å². The van der Waals surface area contributed by atoms with Gasteiger partial charge < -0.3 is 9.47 Å². The van der Waals surface area contributed by atoms with Crippen LogP contribution in [0.4, 0.5) is 13.2 Å². The SMILES string of the molecule is C=C(COc1ccc(C(F)(F)F)cc1)CSc1ccc(COC(C)=O)cc1Cl. The lowest BCUT2D eigenvalue weighted by Crippen LogP contribution is -2.05. The Kier molecular flexibility index (Phi) is 7.83. The van der Waals surface area contributed by atoms with Gasteiger partial charge in [-0.25, -0.2) is 0 Å². The molecule has 2 rings (SSSR count). The zero-order valence-electron chi connectivity index (χ0n) is 15.0. The van der Waals surface area contributed by atoms with Gasteiger partial charge in [-0.3, -0.25) is 4.79 Å². The molecule has 0 saturated heterocycles. The molecule has 0 fully saturated rings. The van der Waals surface area contributed by atoms with Crippen LogP contribution in [0.5, 0.6) is 5.75 Å². The summed E-state index contributed by atoms with van der Waals surface area (Å²) in [5.74, 6) is 0.509. The summed E-state index contributed by atoms with van der Waals surface area (Å²) in [6, 6.07) is 9.89.